The van der Waals surface area contributed by atoms with Gasteiger partial charge in [-0.05, 0) is 18.4 Å². The number of methoxy groups -OCH3 is 3. The predicted molar refractivity (Wildman–Crippen MR) is 86.3 cm³/mol. The molecule has 0 saturated carbocycles. The first-order valence-corrected chi connectivity index (χ1v) is 7.63. The molecule has 2 rings (SSSR count). The van der Waals surface area contributed by atoms with Crippen LogP contribution in [0.5, 0.6) is 17.2 Å². The van der Waals surface area contributed by atoms with E-state index in [1.807, 2.05) is 24.4 Å². The third-order valence-corrected chi connectivity index (χ3v) is 4.32. The lowest BCUT2D eigenvalue weighted by molar-refractivity contribution is 0.0937. The molecule has 1 aromatic heterocycles. The van der Waals surface area contributed by atoms with E-state index in [0.29, 0.717) is 22.8 Å². The number of hydrogen-bond acceptors (Lipinski definition) is 5. The van der Waals surface area contributed by atoms with Crippen molar-refractivity contribution in [3.05, 3.63) is 40.1 Å². The molecule has 1 atom stereocenters. The Morgan fingerprint density at radius 3 is 2.27 bits per heavy atom. The van der Waals surface area contributed by atoms with Crippen molar-refractivity contribution >= 4 is 17.2 Å². The number of amides is 1. The van der Waals surface area contributed by atoms with E-state index in [1.54, 1.807) is 23.5 Å². The smallest absolute Gasteiger partial charge is 0.255 e. The van der Waals surface area contributed by atoms with Crippen LogP contribution in [-0.4, -0.2) is 27.2 Å². The van der Waals surface area contributed by atoms with Crippen molar-refractivity contribution in [1.82, 2.24) is 5.32 Å². The molecule has 0 spiro atoms. The molecular formula is C16H19NO4S. The van der Waals surface area contributed by atoms with E-state index >= 15 is 0 Å². The van der Waals surface area contributed by atoms with E-state index in [0.717, 1.165) is 4.88 Å². The van der Waals surface area contributed by atoms with Crippen LogP contribution in [0.4, 0.5) is 0 Å². The lowest BCUT2D eigenvalue weighted by Gasteiger charge is -2.16. The Morgan fingerprint density at radius 1 is 1.09 bits per heavy atom. The monoisotopic (exact) mass is 321 g/mol. The maximum Gasteiger partial charge on any atom is 0.255 e. The Hall–Kier alpha value is -2.21. The third-order valence-electron chi connectivity index (χ3n) is 3.27. The molecule has 0 aliphatic carbocycles. The van der Waals surface area contributed by atoms with Crippen LogP contribution in [0.2, 0.25) is 0 Å². The summed E-state index contributed by atoms with van der Waals surface area (Å²) in [5, 5.41) is 4.94. The van der Waals surface area contributed by atoms with Crippen molar-refractivity contribution in [3.8, 4) is 17.2 Å². The van der Waals surface area contributed by atoms with Crippen molar-refractivity contribution in [1.29, 1.82) is 0 Å². The number of rotatable bonds is 6. The van der Waals surface area contributed by atoms with E-state index in [1.165, 1.54) is 21.3 Å². The fourth-order valence-corrected chi connectivity index (χ4v) is 2.82. The summed E-state index contributed by atoms with van der Waals surface area (Å²) in [7, 11) is 4.58. The van der Waals surface area contributed by atoms with Gasteiger partial charge >= 0.3 is 0 Å². The highest BCUT2D eigenvalue weighted by molar-refractivity contribution is 7.10. The lowest BCUT2D eigenvalue weighted by Crippen LogP contribution is -2.26. The molecule has 1 N–H and O–H groups in total. The molecule has 1 aromatic carbocycles. The van der Waals surface area contributed by atoms with Crippen LogP contribution < -0.4 is 19.5 Å². The Labute approximate surface area is 133 Å². The summed E-state index contributed by atoms with van der Waals surface area (Å²) >= 11 is 1.60. The zero-order chi connectivity index (χ0) is 16.1. The van der Waals surface area contributed by atoms with Gasteiger partial charge < -0.3 is 19.5 Å². The molecule has 1 heterocycles. The first-order chi connectivity index (χ1) is 10.6. The molecule has 22 heavy (non-hydrogen) atoms. The number of benzene rings is 1. The van der Waals surface area contributed by atoms with Crippen LogP contribution in [0.1, 0.15) is 28.2 Å². The zero-order valence-electron chi connectivity index (χ0n) is 13.0. The standard InChI is InChI=1S/C16H19NO4S/c1-10(15-6-5-7-22-15)17-16(18)11-8-13(20-3)14(21-4)9-12(11)19-2/h5-10H,1-4H3,(H,17,18)/t10-/m0/s1. The quantitative estimate of drug-likeness (QED) is 0.887. The molecule has 0 saturated heterocycles. The largest absolute Gasteiger partial charge is 0.496 e. The minimum atomic E-state index is -0.223. The molecule has 1 amide bonds. The van der Waals surface area contributed by atoms with Crippen molar-refractivity contribution < 1.29 is 19.0 Å². The molecule has 0 fully saturated rings. The minimum Gasteiger partial charge on any atom is -0.496 e. The number of nitrogens with one attached hydrogen (secondary N) is 1. The first-order valence-electron chi connectivity index (χ1n) is 6.75. The summed E-state index contributed by atoms with van der Waals surface area (Å²) in [4.78, 5) is 13.6. The van der Waals surface area contributed by atoms with E-state index in [4.69, 9.17) is 14.2 Å². The second-order valence-corrected chi connectivity index (χ2v) is 5.60. The Kier molecular flexibility index (Phi) is 5.27. The fraction of sp³-hybridized carbons (Fsp3) is 0.312. The van der Waals surface area contributed by atoms with Gasteiger partial charge in [-0.15, -0.1) is 11.3 Å². The lowest BCUT2D eigenvalue weighted by atomic mass is 10.1. The van der Waals surface area contributed by atoms with E-state index < -0.39 is 0 Å². The molecule has 0 unspecified atom stereocenters. The van der Waals surface area contributed by atoms with Crippen LogP contribution in [0.15, 0.2) is 29.6 Å². The Bertz CT molecular complexity index is 640. The number of thiophene rings is 1. The summed E-state index contributed by atoms with van der Waals surface area (Å²) in [5.74, 6) is 1.21. The highest BCUT2D eigenvalue weighted by Gasteiger charge is 2.19. The van der Waals surface area contributed by atoms with Crippen molar-refractivity contribution in [2.24, 2.45) is 0 Å². The second kappa shape index (κ2) is 7.17. The average Bonchev–Trinajstić information content (AvgIpc) is 3.07. The Morgan fingerprint density at radius 2 is 1.73 bits per heavy atom. The maximum atomic E-state index is 12.5. The molecule has 6 heteroatoms. The van der Waals surface area contributed by atoms with Gasteiger partial charge in [-0.2, -0.15) is 0 Å². The summed E-state index contributed by atoms with van der Waals surface area (Å²) in [5.41, 5.74) is 0.406. The van der Waals surface area contributed by atoms with E-state index in [9.17, 15) is 4.79 Å². The molecule has 0 bridgehead atoms. The molecular weight excluding hydrogens is 302 g/mol. The van der Waals surface area contributed by atoms with Gasteiger partial charge in [0.15, 0.2) is 11.5 Å². The first kappa shape index (κ1) is 16.2. The van der Waals surface area contributed by atoms with Crippen molar-refractivity contribution in [2.75, 3.05) is 21.3 Å². The number of carbonyl (C=O) groups is 1. The molecule has 5 nitrogen and oxygen atoms in total. The van der Waals surface area contributed by atoms with Crippen molar-refractivity contribution in [3.63, 3.8) is 0 Å². The highest BCUT2D eigenvalue weighted by atomic mass is 32.1. The molecule has 0 radical (unpaired) electrons. The molecule has 2 aromatic rings. The van der Waals surface area contributed by atoms with Crippen LogP contribution in [-0.2, 0) is 0 Å². The number of hydrogen-bond donors (Lipinski definition) is 1. The minimum absolute atomic E-state index is 0.0784. The zero-order valence-corrected chi connectivity index (χ0v) is 13.8. The number of ether oxygens (including phenoxy) is 3. The van der Waals surface area contributed by atoms with Gasteiger partial charge in [-0.3, -0.25) is 4.79 Å². The van der Waals surface area contributed by atoms with Gasteiger partial charge in [-0.25, -0.2) is 0 Å². The van der Waals surface area contributed by atoms with E-state index in [-0.39, 0.29) is 11.9 Å². The van der Waals surface area contributed by atoms with Gasteiger partial charge in [0.2, 0.25) is 0 Å². The van der Waals surface area contributed by atoms with Gasteiger partial charge in [0.05, 0.1) is 32.9 Å². The van der Waals surface area contributed by atoms with Crippen LogP contribution in [0.25, 0.3) is 0 Å². The predicted octanol–water partition coefficient (Wildman–Crippen LogP) is 3.26. The van der Waals surface area contributed by atoms with Gasteiger partial charge in [-0.1, -0.05) is 6.07 Å². The highest BCUT2D eigenvalue weighted by Crippen LogP contribution is 2.34. The molecule has 0 aliphatic heterocycles. The average molecular weight is 321 g/mol. The van der Waals surface area contributed by atoms with E-state index in [2.05, 4.69) is 5.32 Å². The number of carbonyl (C=O) groups excluding carboxylic acids is 1. The van der Waals surface area contributed by atoms with Gasteiger partial charge in [0, 0.05) is 17.0 Å². The van der Waals surface area contributed by atoms with Crippen LogP contribution >= 0.6 is 11.3 Å². The topological polar surface area (TPSA) is 56.8 Å². The molecule has 0 aliphatic rings. The van der Waals surface area contributed by atoms with Gasteiger partial charge in [0.1, 0.15) is 5.75 Å². The third kappa shape index (κ3) is 3.33. The second-order valence-electron chi connectivity index (χ2n) is 4.62. The summed E-state index contributed by atoms with van der Waals surface area (Å²) in [6, 6.07) is 7.13. The molecule has 118 valence electrons. The Balaban J connectivity index is 2.28. The van der Waals surface area contributed by atoms with Crippen molar-refractivity contribution in [2.45, 2.75) is 13.0 Å². The van der Waals surface area contributed by atoms with Gasteiger partial charge in [0.25, 0.3) is 5.91 Å². The fourth-order valence-electron chi connectivity index (χ4n) is 2.09. The summed E-state index contributed by atoms with van der Waals surface area (Å²) in [6.45, 7) is 1.94. The summed E-state index contributed by atoms with van der Waals surface area (Å²) < 4.78 is 15.8. The van der Waals surface area contributed by atoms with Crippen LogP contribution in [0.3, 0.4) is 0 Å². The maximum absolute atomic E-state index is 12.5. The van der Waals surface area contributed by atoms with Crippen LogP contribution in [0, 0.1) is 0 Å². The summed E-state index contributed by atoms with van der Waals surface area (Å²) in [6.07, 6.45) is 0. The SMILES string of the molecule is COc1cc(OC)c(C(=O)N[C@@H](C)c2cccs2)cc1OC. The normalized spacial score (nSPS) is 11.6.